The van der Waals surface area contributed by atoms with Gasteiger partial charge in [0, 0.05) is 29.9 Å². The zero-order valence-corrected chi connectivity index (χ0v) is 16.9. The number of benzene rings is 1. The van der Waals surface area contributed by atoms with Crippen molar-refractivity contribution in [2.45, 2.75) is 58.4 Å². The zero-order valence-electron chi connectivity index (χ0n) is 16.0. The fraction of sp³-hybridized carbons (Fsp3) is 0.524. The van der Waals surface area contributed by atoms with Crippen LogP contribution in [0.3, 0.4) is 0 Å². The van der Waals surface area contributed by atoms with Crippen molar-refractivity contribution < 1.29 is 9.29 Å². The van der Waals surface area contributed by atoms with Crippen molar-refractivity contribution in [2.75, 3.05) is 13.6 Å². The molecule has 0 amide bonds. The Balaban J connectivity index is 0.000000528. The van der Waals surface area contributed by atoms with Crippen LogP contribution in [0.2, 0.25) is 0 Å². The highest BCUT2D eigenvalue weighted by Gasteiger charge is 2.50. The van der Waals surface area contributed by atoms with Crippen LogP contribution in [0.5, 0.6) is 11.5 Å². The van der Waals surface area contributed by atoms with E-state index in [0.29, 0.717) is 11.8 Å². The molecule has 1 fully saturated rings. The molecular formula is C21H31NO2S. The van der Waals surface area contributed by atoms with Gasteiger partial charge in [-0.3, -0.25) is 4.90 Å². The second-order valence-electron chi connectivity index (χ2n) is 6.32. The Morgan fingerprint density at radius 2 is 1.96 bits per heavy atom. The summed E-state index contributed by atoms with van der Waals surface area (Å²) in [4.78, 5) is 2.44. The maximum absolute atomic E-state index is 10.7. The predicted octanol–water partition coefficient (Wildman–Crippen LogP) is 5.05. The van der Waals surface area contributed by atoms with Gasteiger partial charge in [-0.15, -0.1) is 0 Å². The van der Waals surface area contributed by atoms with Gasteiger partial charge in [-0.1, -0.05) is 52.0 Å². The predicted molar refractivity (Wildman–Crippen MR) is 109 cm³/mol. The van der Waals surface area contributed by atoms with E-state index in [4.69, 9.17) is 4.18 Å². The Kier molecular flexibility index (Phi) is 6.64. The van der Waals surface area contributed by atoms with Crippen LogP contribution in [-0.4, -0.2) is 29.6 Å². The molecule has 0 aromatic heterocycles. The standard InChI is InChI=1S/C17H19NO2S.2C2H6/c1-18-9-8-17-7-3-2-4-12(17)13(18)10-11-5-6-14(20-21)16(19)15(11)17;2*1-2/h2-6,13,19,21H,7-10H2,1H3;2*1-2H3. The molecule has 0 spiro atoms. The highest BCUT2D eigenvalue weighted by atomic mass is 32.1. The van der Waals surface area contributed by atoms with Crippen LogP contribution in [0.4, 0.5) is 0 Å². The smallest absolute Gasteiger partial charge is 0.178 e. The van der Waals surface area contributed by atoms with Crippen molar-refractivity contribution in [3.8, 4) is 11.5 Å². The van der Waals surface area contributed by atoms with Crippen molar-refractivity contribution in [1.29, 1.82) is 0 Å². The summed E-state index contributed by atoms with van der Waals surface area (Å²) in [5.74, 6) is 0.726. The van der Waals surface area contributed by atoms with Gasteiger partial charge in [0.05, 0.1) is 0 Å². The monoisotopic (exact) mass is 361 g/mol. The topological polar surface area (TPSA) is 32.7 Å². The fourth-order valence-electron chi connectivity index (χ4n) is 4.39. The molecule has 1 heterocycles. The largest absolute Gasteiger partial charge is 0.504 e. The van der Waals surface area contributed by atoms with E-state index in [1.165, 1.54) is 11.1 Å². The van der Waals surface area contributed by atoms with E-state index in [1.54, 1.807) is 0 Å². The highest BCUT2D eigenvalue weighted by Crippen LogP contribution is 2.56. The first-order valence-corrected chi connectivity index (χ1v) is 9.78. The second kappa shape index (κ2) is 8.33. The van der Waals surface area contributed by atoms with E-state index in [-0.39, 0.29) is 11.2 Å². The summed E-state index contributed by atoms with van der Waals surface area (Å²) in [7, 11) is 2.20. The number of rotatable bonds is 1. The minimum absolute atomic E-state index is 0.0636. The molecule has 1 saturated heterocycles. The summed E-state index contributed by atoms with van der Waals surface area (Å²) in [6.45, 7) is 9.06. The molecule has 1 aromatic carbocycles. The molecule has 2 aliphatic carbocycles. The molecule has 3 aliphatic rings. The van der Waals surface area contributed by atoms with Gasteiger partial charge in [0.1, 0.15) is 0 Å². The van der Waals surface area contributed by atoms with E-state index >= 15 is 0 Å². The van der Waals surface area contributed by atoms with Crippen LogP contribution < -0.4 is 4.18 Å². The van der Waals surface area contributed by atoms with Crippen LogP contribution in [0.15, 0.2) is 35.9 Å². The molecule has 2 unspecified atom stereocenters. The third kappa shape index (κ3) is 3.11. The third-order valence-corrected chi connectivity index (χ3v) is 5.63. The number of fused-ring (bicyclic) bond motifs is 1. The lowest BCUT2D eigenvalue weighted by molar-refractivity contribution is 0.165. The molecule has 2 atom stereocenters. The molecule has 1 N–H and O–H groups in total. The Morgan fingerprint density at radius 1 is 1.24 bits per heavy atom. The number of allylic oxidation sites excluding steroid dienone is 3. The summed E-state index contributed by atoms with van der Waals surface area (Å²) < 4.78 is 5.04. The minimum atomic E-state index is -0.0636. The molecule has 2 bridgehead atoms. The molecule has 1 aliphatic heterocycles. The highest BCUT2D eigenvalue weighted by molar-refractivity contribution is 7.75. The van der Waals surface area contributed by atoms with Crippen LogP contribution in [0.1, 0.15) is 51.7 Å². The van der Waals surface area contributed by atoms with Gasteiger partial charge >= 0.3 is 0 Å². The van der Waals surface area contributed by atoms with Crippen LogP contribution in [0.25, 0.3) is 0 Å². The number of hydrogen-bond acceptors (Lipinski definition) is 4. The Hall–Kier alpha value is -1.39. The number of phenols is 1. The van der Waals surface area contributed by atoms with Crippen LogP contribution >= 0.6 is 12.9 Å². The second-order valence-corrected chi connectivity index (χ2v) is 6.51. The Morgan fingerprint density at radius 3 is 2.64 bits per heavy atom. The molecule has 4 heteroatoms. The number of piperidine rings is 1. The quantitative estimate of drug-likeness (QED) is 0.542. The van der Waals surface area contributed by atoms with E-state index in [0.717, 1.165) is 31.4 Å². The van der Waals surface area contributed by atoms with Crippen molar-refractivity contribution in [3.63, 3.8) is 0 Å². The number of phenolic OH excluding ortho intramolecular Hbond substituents is 1. The lowest BCUT2D eigenvalue weighted by Crippen LogP contribution is -2.54. The maximum atomic E-state index is 10.7. The first-order chi connectivity index (χ1) is 12.2. The molecule has 4 rings (SSSR count). The Labute approximate surface area is 158 Å². The summed E-state index contributed by atoms with van der Waals surface area (Å²) in [5.41, 5.74) is 3.68. The first-order valence-electron chi connectivity index (χ1n) is 9.41. The molecule has 0 saturated carbocycles. The average molecular weight is 362 g/mol. The van der Waals surface area contributed by atoms with Gasteiger partial charge in [0.25, 0.3) is 0 Å². The molecular weight excluding hydrogens is 330 g/mol. The third-order valence-electron chi connectivity index (χ3n) is 5.43. The van der Waals surface area contributed by atoms with Gasteiger partial charge < -0.3 is 9.29 Å². The number of likely N-dealkylation sites (N-methyl/N-ethyl adjacent to an activating group) is 1. The van der Waals surface area contributed by atoms with Gasteiger partial charge in [-0.05, 0) is 50.1 Å². The molecule has 138 valence electrons. The number of nitrogens with zero attached hydrogens (tertiary/aromatic N) is 1. The number of likely N-dealkylation sites (tertiary alicyclic amines) is 1. The average Bonchev–Trinajstić information content (AvgIpc) is 2.68. The van der Waals surface area contributed by atoms with Gasteiger partial charge in [0.15, 0.2) is 11.5 Å². The SMILES string of the molecule is CC.CC.CN1CCC23CC=CC=C2C1Cc1ccc(OS)c(O)c13. The van der Waals surface area contributed by atoms with E-state index in [2.05, 4.69) is 49.2 Å². The lowest BCUT2D eigenvalue weighted by Gasteiger charge is -2.53. The number of hydrogen-bond donors (Lipinski definition) is 2. The first kappa shape index (κ1) is 19.9. The van der Waals surface area contributed by atoms with Crippen molar-refractivity contribution >= 4 is 12.9 Å². The van der Waals surface area contributed by atoms with E-state index in [9.17, 15) is 5.11 Å². The summed E-state index contributed by atoms with van der Waals surface area (Å²) in [6, 6.07) is 4.35. The van der Waals surface area contributed by atoms with Crippen LogP contribution in [0, 0.1) is 0 Å². The van der Waals surface area contributed by atoms with Crippen molar-refractivity contribution in [3.05, 3.63) is 47.1 Å². The van der Waals surface area contributed by atoms with Gasteiger partial charge in [-0.25, -0.2) is 0 Å². The molecule has 25 heavy (non-hydrogen) atoms. The fourth-order valence-corrected chi connectivity index (χ4v) is 4.54. The summed E-state index contributed by atoms with van der Waals surface area (Å²) in [5, 5.41) is 10.7. The Bertz CT molecular complexity index is 668. The zero-order chi connectivity index (χ0) is 18.6. The summed E-state index contributed by atoms with van der Waals surface area (Å²) >= 11 is 3.87. The lowest BCUT2D eigenvalue weighted by atomic mass is 9.58. The van der Waals surface area contributed by atoms with Gasteiger partial charge in [0.2, 0.25) is 0 Å². The molecule has 3 nitrogen and oxygen atoms in total. The number of aromatic hydroxyl groups is 1. The van der Waals surface area contributed by atoms with E-state index in [1.807, 2.05) is 33.8 Å². The number of thiol groups is 1. The van der Waals surface area contributed by atoms with Gasteiger partial charge in [-0.2, -0.15) is 0 Å². The van der Waals surface area contributed by atoms with Crippen molar-refractivity contribution in [2.24, 2.45) is 0 Å². The molecule has 0 radical (unpaired) electrons. The van der Waals surface area contributed by atoms with Crippen molar-refractivity contribution in [1.82, 2.24) is 4.90 Å². The maximum Gasteiger partial charge on any atom is 0.178 e. The van der Waals surface area contributed by atoms with Crippen LogP contribution in [-0.2, 0) is 11.8 Å². The van der Waals surface area contributed by atoms with E-state index < -0.39 is 0 Å². The summed E-state index contributed by atoms with van der Waals surface area (Å²) in [6.07, 6.45) is 9.57. The normalized spacial score (nSPS) is 26.0. The minimum Gasteiger partial charge on any atom is -0.504 e. The molecule has 1 aromatic rings.